The third-order valence-corrected chi connectivity index (χ3v) is 8.10. The predicted octanol–water partition coefficient (Wildman–Crippen LogP) is 6.11. The molecular formula is C30H32F4N8OS. The number of hydrogen-bond acceptors (Lipinski definition) is 9. The highest BCUT2D eigenvalue weighted by atomic mass is 32.1. The van der Waals surface area contributed by atoms with Crippen molar-refractivity contribution >= 4 is 39.7 Å². The largest absolute Gasteiger partial charge is 0.419 e. The van der Waals surface area contributed by atoms with E-state index in [-0.39, 0.29) is 16.4 Å². The number of nitrogens with zero attached hydrogens (tertiary/aromatic N) is 5. The number of carbonyl (C=O) groups excluding carboxylic acids is 1. The molecule has 0 unspecified atom stereocenters. The number of halogens is 4. The maximum absolute atomic E-state index is 14.7. The van der Waals surface area contributed by atoms with Crippen LogP contribution in [0.2, 0.25) is 0 Å². The van der Waals surface area contributed by atoms with E-state index in [0.717, 1.165) is 63.1 Å². The molecule has 0 bridgehead atoms. The average Bonchev–Trinajstić information content (AvgIpc) is 3.35. The lowest BCUT2D eigenvalue weighted by Gasteiger charge is -2.32. The number of aromatic nitrogens is 3. The maximum Gasteiger partial charge on any atom is 0.419 e. The van der Waals surface area contributed by atoms with E-state index in [4.69, 9.17) is 0 Å². The number of aryl methyl sites for hydroxylation is 1. The van der Waals surface area contributed by atoms with Gasteiger partial charge in [0.15, 0.2) is 5.13 Å². The quantitative estimate of drug-likeness (QED) is 0.143. The number of benzene rings is 2. The Labute approximate surface area is 256 Å². The molecule has 5 rings (SSSR count). The zero-order valence-electron chi connectivity index (χ0n) is 24.2. The molecule has 0 radical (unpaired) electrons. The summed E-state index contributed by atoms with van der Waals surface area (Å²) in [5.74, 6) is -0.569. The molecule has 1 aliphatic heterocycles. The molecule has 1 amide bonds. The minimum absolute atomic E-state index is 0.0437. The molecule has 0 spiro atoms. The normalized spacial score (nSPS) is 14.4. The number of alkyl halides is 3. The second kappa shape index (κ2) is 13.7. The molecule has 0 aliphatic carbocycles. The molecule has 2 aromatic carbocycles. The second-order valence-electron chi connectivity index (χ2n) is 10.5. The fourth-order valence-electron chi connectivity index (χ4n) is 4.77. The van der Waals surface area contributed by atoms with E-state index in [1.165, 1.54) is 12.4 Å². The van der Waals surface area contributed by atoms with Gasteiger partial charge in [0.25, 0.3) is 5.91 Å². The van der Waals surface area contributed by atoms with Gasteiger partial charge in [0.05, 0.1) is 11.3 Å². The topological polar surface area (TPSA) is 98.3 Å². The van der Waals surface area contributed by atoms with Crippen molar-refractivity contribution in [1.29, 1.82) is 0 Å². The summed E-state index contributed by atoms with van der Waals surface area (Å²) in [5, 5.41) is 9.32. The monoisotopic (exact) mass is 628 g/mol. The van der Waals surface area contributed by atoms with Gasteiger partial charge < -0.3 is 20.4 Å². The van der Waals surface area contributed by atoms with Crippen molar-refractivity contribution in [3.8, 4) is 11.3 Å². The molecule has 1 aliphatic rings. The Morgan fingerprint density at radius 2 is 1.75 bits per heavy atom. The Hall–Kier alpha value is -4.14. The third kappa shape index (κ3) is 7.87. The fourth-order valence-corrected chi connectivity index (χ4v) is 5.59. The number of piperazine rings is 1. The van der Waals surface area contributed by atoms with Crippen LogP contribution in [0.5, 0.6) is 0 Å². The zero-order valence-corrected chi connectivity index (χ0v) is 25.0. The molecule has 44 heavy (non-hydrogen) atoms. The van der Waals surface area contributed by atoms with E-state index < -0.39 is 23.5 Å². The number of anilines is 4. The number of amides is 1. The van der Waals surface area contributed by atoms with Crippen LogP contribution < -0.4 is 16.0 Å². The molecule has 232 valence electrons. The lowest BCUT2D eigenvalue weighted by molar-refractivity contribution is -0.139. The summed E-state index contributed by atoms with van der Waals surface area (Å²) in [6.07, 6.45) is -2.36. The predicted molar refractivity (Wildman–Crippen MR) is 164 cm³/mol. The van der Waals surface area contributed by atoms with Crippen LogP contribution >= 0.6 is 11.3 Å². The standard InChI is InChI=1S/C30H32F4N8OS/c1-19-27(22-5-3-6-23(26(22)31)30(32,33)34)39-29(44-19)40-28(43)20-7-9-21(10-8-20)38-25-17-24(36-18-37-25)35-11-4-12-42-15-13-41(2)14-16-42/h3,5-10,17-18H,4,11-16H2,1-2H3,(H,39,40,43)(H2,35,36,37,38). The van der Waals surface area contributed by atoms with Crippen LogP contribution in [0.3, 0.4) is 0 Å². The van der Waals surface area contributed by atoms with E-state index in [2.05, 4.69) is 47.7 Å². The molecule has 0 atom stereocenters. The number of hydrogen-bond donors (Lipinski definition) is 3. The highest BCUT2D eigenvalue weighted by Gasteiger charge is 2.35. The fraction of sp³-hybridized carbons (Fsp3) is 0.333. The Morgan fingerprint density at radius 1 is 1.02 bits per heavy atom. The molecule has 9 nitrogen and oxygen atoms in total. The third-order valence-electron chi connectivity index (χ3n) is 7.22. The number of carbonyl (C=O) groups is 1. The van der Waals surface area contributed by atoms with E-state index in [9.17, 15) is 22.4 Å². The van der Waals surface area contributed by atoms with E-state index in [0.29, 0.717) is 33.8 Å². The van der Waals surface area contributed by atoms with E-state index in [1.807, 2.05) is 6.07 Å². The van der Waals surface area contributed by atoms with Gasteiger partial charge in [-0.25, -0.2) is 19.3 Å². The smallest absolute Gasteiger partial charge is 0.370 e. The number of rotatable bonds is 10. The van der Waals surface area contributed by atoms with Gasteiger partial charge in [-0.1, -0.05) is 6.07 Å². The van der Waals surface area contributed by atoms with Gasteiger partial charge in [-0.05, 0) is 63.3 Å². The van der Waals surface area contributed by atoms with Crippen LogP contribution in [0.25, 0.3) is 11.3 Å². The zero-order chi connectivity index (χ0) is 31.3. The first-order valence-corrected chi connectivity index (χ1v) is 14.9. The number of nitrogens with one attached hydrogen (secondary N) is 3. The minimum atomic E-state index is -4.83. The average molecular weight is 629 g/mol. The molecule has 4 aromatic rings. The Morgan fingerprint density at radius 3 is 2.48 bits per heavy atom. The first-order valence-electron chi connectivity index (χ1n) is 14.1. The SMILES string of the molecule is Cc1sc(NC(=O)c2ccc(Nc3cc(NCCCN4CCN(C)CC4)ncn3)cc2)nc1-c1cccc(C(F)(F)F)c1F. The van der Waals surface area contributed by atoms with Crippen molar-refractivity contribution < 1.29 is 22.4 Å². The molecule has 14 heteroatoms. The molecule has 2 aromatic heterocycles. The van der Waals surface area contributed by atoms with Crippen molar-refractivity contribution in [2.75, 3.05) is 62.3 Å². The van der Waals surface area contributed by atoms with Gasteiger partial charge in [-0.3, -0.25) is 10.1 Å². The van der Waals surface area contributed by atoms with Crippen molar-refractivity contribution in [1.82, 2.24) is 24.8 Å². The molecule has 0 saturated carbocycles. The summed E-state index contributed by atoms with van der Waals surface area (Å²) in [7, 11) is 2.15. The minimum Gasteiger partial charge on any atom is -0.370 e. The first kappa shape index (κ1) is 31.3. The number of thiazole rings is 1. The maximum atomic E-state index is 14.7. The van der Waals surface area contributed by atoms with Crippen LogP contribution in [-0.4, -0.2) is 77.0 Å². The van der Waals surface area contributed by atoms with Crippen molar-refractivity contribution in [2.45, 2.75) is 19.5 Å². The van der Waals surface area contributed by atoms with Crippen molar-refractivity contribution in [3.63, 3.8) is 0 Å². The van der Waals surface area contributed by atoms with Crippen LogP contribution in [0.1, 0.15) is 27.2 Å². The Bertz CT molecular complexity index is 1590. The summed E-state index contributed by atoms with van der Waals surface area (Å²) in [6.45, 7) is 7.81. The van der Waals surface area contributed by atoms with Crippen molar-refractivity contribution in [3.05, 3.63) is 76.7 Å². The lowest BCUT2D eigenvalue weighted by atomic mass is 10.1. The van der Waals surface area contributed by atoms with Gasteiger partial charge >= 0.3 is 6.18 Å². The highest BCUT2D eigenvalue weighted by molar-refractivity contribution is 7.16. The first-order chi connectivity index (χ1) is 21.1. The number of likely N-dealkylation sites (N-methyl/N-ethyl adjacent to an activating group) is 1. The van der Waals surface area contributed by atoms with Gasteiger partial charge in [0.1, 0.15) is 23.8 Å². The van der Waals surface area contributed by atoms with E-state index >= 15 is 0 Å². The summed E-state index contributed by atoms with van der Waals surface area (Å²) in [6, 6.07) is 11.5. The Balaban J connectivity index is 1.15. The van der Waals surface area contributed by atoms with Crippen LogP contribution in [0, 0.1) is 12.7 Å². The highest BCUT2D eigenvalue weighted by Crippen LogP contribution is 2.38. The molecule has 1 saturated heterocycles. The summed E-state index contributed by atoms with van der Waals surface area (Å²) in [5.41, 5.74) is -0.567. The van der Waals surface area contributed by atoms with Crippen LogP contribution in [-0.2, 0) is 6.18 Å². The van der Waals surface area contributed by atoms with Crippen LogP contribution in [0.15, 0.2) is 54.9 Å². The summed E-state index contributed by atoms with van der Waals surface area (Å²) < 4.78 is 54.2. The van der Waals surface area contributed by atoms with Crippen LogP contribution in [0.4, 0.5) is 40.0 Å². The lowest BCUT2D eigenvalue weighted by Crippen LogP contribution is -2.44. The molecular weight excluding hydrogens is 596 g/mol. The van der Waals surface area contributed by atoms with Gasteiger partial charge in [0, 0.05) is 60.5 Å². The van der Waals surface area contributed by atoms with Gasteiger partial charge in [-0.2, -0.15) is 13.2 Å². The van der Waals surface area contributed by atoms with Gasteiger partial charge in [0.2, 0.25) is 0 Å². The summed E-state index contributed by atoms with van der Waals surface area (Å²) in [4.78, 5) is 30.9. The molecule has 3 heterocycles. The second-order valence-corrected chi connectivity index (χ2v) is 11.7. The molecule has 3 N–H and O–H groups in total. The van der Waals surface area contributed by atoms with Gasteiger partial charge in [-0.15, -0.1) is 11.3 Å². The Kier molecular flexibility index (Phi) is 9.71. The summed E-state index contributed by atoms with van der Waals surface area (Å²) >= 11 is 1.05. The molecule has 1 fully saturated rings. The van der Waals surface area contributed by atoms with E-state index in [1.54, 1.807) is 31.2 Å². The van der Waals surface area contributed by atoms with Crippen molar-refractivity contribution in [2.24, 2.45) is 0 Å².